The Morgan fingerprint density at radius 3 is 2.58 bits per heavy atom. The molecule has 172 valence electrons. The Morgan fingerprint density at radius 2 is 2.00 bits per heavy atom. The summed E-state index contributed by atoms with van der Waals surface area (Å²) < 4.78 is 48.3. The van der Waals surface area contributed by atoms with Crippen molar-refractivity contribution < 1.29 is 27.8 Å². The number of ether oxygens (including phenoxy) is 1. The van der Waals surface area contributed by atoms with Crippen LogP contribution in [0.15, 0.2) is 47.1 Å². The highest BCUT2D eigenvalue weighted by molar-refractivity contribution is 9.10. The summed E-state index contributed by atoms with van der Waals surface area (Å²) in [5.74, 6) is -0.981. The summed E-state index contributed by atoms with van der Waals surface area (Å²) in [5, 5.41) is 17.7. The van der Waals surface area contributed by atoms with E-state index in [0.29, 0.717) is 10.2 Å². The molecular formula is C22H18BrF3N4O3. The number of carbonyl (C=O) groups is 1. The number of rotatable bonds is 6. The van der Waals surface area contributed by atoms with Crippen LogP contribution < -0.4 is 9.64 Å². The number of benzene rings is 1. The molecule has 0 atom stereocenters. The van der Waals surface area contributed by atoms with Gasteiger partial charge >= 0.3 is 6.09 Å². The van der Waals surface area contributed by atoms with Crippen molar-refractivity contribution in [1.29, 1.82) is 0 Å². The Balaban J connectivity index is 1.65. The van der Waals surface area contributed by atoms with Gasteiger partial charge in [-0.25, -0.2) is 18.0 Å². The van der Waals surface area contributed by atoms with Crippen molar-refractivity contribution in [2.24, 2.45) is 0 Å². The van der Waals surface area contributed by atoms with E-state index in [1.54, 1.807) is 0 Å². The molecule has 2 heterocycles. The largest absolute Gasteiger partial charge is 0.495 e. The number of methoxy groups -OCH3 is 1. The minimum atomic E-state index is -1.37. The number of aromatic nitrogens is 3. The number of amides is 1. The van der Waals surface area contributed by atoms with Gasteiger partial charge in [0.1, 0.15) is 23.6 Å². The van der Waals surface area contributed by atoms with E-state index in [1.165, 1.54) is 49.7 Å². The summed E-state index contributed by atoms with van der Waals surface area (Å²) in [4.78, 5) is 16.9. The second kappa shape index (κ2) is 8.97. The van der Waals surface area contributed by atoms with Gasteiger partial charge in [0.15, 0.2) is 5.82 Å². The molecule has 2 aromatic heterocycles. The van der Waals surface area contributed by atoms with Crippen molar-refractivity contribution in [3.63, 3.8) is 0 Å². The number of halogens is 4. The third kappa shape index (κ3) is 4.37. The molecule has 1 saturated carbocycles. The lowest BCUT2D eigenvalue weighted by Crippen LogP contribution is -2.53. The van der Waals surface area contributed by atoms with Crippen molar-refractivity contribution >= 4 is 27.8 Å². The van der Waals surface area contributed by atoms with Crippen LogP contribution in [0.1, 0.15) is 18.5 Å². The molecule has 0 aliphatic heterocycles. The van der Waals surface area contributed by atoms with E-state index in [9.17, 15) is 23.1 Å². The van der Waals surface area contributed by atoms with Gasteiger partial charge in [0, 0.05) is 29.8 Å². The molecule has 0 radical (unpaired) electrons. The number of alkyl halides is 1. The SMILES string of the molecule is COc1cc(F)c(-c2ccc(N(CC3(c4ncccc4F)CC(F)C3)C(=O)O)nn2)cc1Br. The number of pyridine rings is 1. The minimum absolute atomic E-state index is 0.0138. The highest BCUT2D eigenvalue weighted by atomic mass is 79.9. The molecule has 33 heavy (non-hydrogen) atoms. The average Bonchev–Trinajstić information content (AvgIpc) is 2.77. The molecule has 7 nitrogen and oxygen atoms in total. The second-order valence-corrected chi connectivity index (χ2v) is 8.59. The molecule has 4 rings (SSSR count). The highest BCUT2D eigenvalue weighted by Gasteiger charge is 2.50. The molecule has 11 heteroatoms. The Morgan fingerprint density at radius 1 is 1.24 bits per heavy atom. The summed E-state index contributed by atoms with van der Waals surface area (Å²) in [6, 6.07) is 8.06. The normalized spacial score (nSPS) is 19.6. The van der Waals surface area contributed by atoms with Gasteiger partial charge in [0.25, 0.3) is 0 Å². The average molecular weight is 523 g/mol. The number of carboxylic acid groups (broad SMARTS) is 1. The lowest BCUT2D eigenvalue weighted by atomic mass is 9.64. The first-order valence-electron chi connectivity index (χ1n) is 9.87. The van der Waals surface area contributed by atoms with Crippen LogP contribution in [0.25, 0.3) is 11.3 Å². The van der Waals surface area contributed by atoms with Crippen LogP contribution in [-0.4, -0.2) is 46.2 Å². The summed E-state index contributed by atoms with van der Waals surface area (Å²) in [6.45, 7) is -0.257. The third-order valence-corrected chi connectivity index (χ3v) is 6.24. The Hall–Kier alpha value is -3.21. The van der Waals surface area contributed by atoms with Crippen LogP contribution in [0.5, 0.6) is 5.75 Å². The van der Waals surface area contributed by atoms with Gasteiger partial charge in [0.05, 0.1) is 23.0 Å². The van der Waals surface area contributed by atoms with E-state index in [0.717, 1.165) is 4.90 Å². The summed E-state index contributed by atoms with van der Waals surface area (Å²) in [6.07, 6.45) is -1.31. The number of hydrogen-bond acceptors (Lipinski definition) is 5. The monoisotopic (exact) mass is 522 g/mol. The van der Waals surface area contributed by atoms with E-state index < -0.39 is 29.3 Å². The van der Waals surface area contributed by atoms with Gasteiger partial charge in [-0.05, 0) is 59.1 Å². The predicted octanol–water partition coefficient (Wildman–Crippen LogP) is 5.14. The van der Waals surface area contributed by atoms with Gasteiger partial charge in [-0.1, -0.05) is 0 Å². The first kappa shape index (κ1) is 23.0. The fourth-order valence-corrected chi connectivity index (χ4v) is 4.51. The summed E-state index contributed by atoms with van der Waals surface area (Å²) in [5.41, 5.74) is -0.811. The zero-order valence-corrected chi connectivity index (χ0v) is 18.9. The van der Waals surface area contributed by atoms with Gasteiger partial charge in [-0.2, -0.15) is 0 Å². The van der Waals surface area contributed by atoms with Crippen molar-refractivity contribution in [3.05, 3.63) is 64.4 Å². The predicted molar refractivity (Wildman–Crippen MR) is 117 cm³/mol. The van der Waals surface area contributed by atoms with Gasteiger partial charge in [-0.15, -0.1) is 10.2 Å². The van der Waals surface area contributed by atoms with Crippen LogP contribution in [0.4, 0.5) is 23.8 Å². The van der Waals surface area contributed by atoms with Crippen LogP contribution in [0, 0.1) is 11.6 Å². The number of hydrogen-bond donors (Lipinski definition) is 1. The molecule has 1 aliphatic carbocycles. The molecule has 3 aromatic rings. The summed E-state index contributed by atoms with van der Waals surface area (Å²) >= 11 is 3.28. The minimum Gasteiger partial charge on any atom is -0.495 e. The molecule has 0 bridgehead atoms. The molecule has 1 aromatic carbocycles. The second-order valence-electron chi connectivity index (χ2n) is 7.73. The molecule has 1 N–H and O–H groups in total. The van der Waals surface area contributed by atoms with Crippen molar-refractivity contribution in [2.45, 2.75) is 24.4 Å². The molecular weight excluding hydrogens is 505 g/mol. The molecule has 1 aliphatic rings. The fraction of sp³-hybridized carbons (Fsp3) is 0.273. The van der Waals surface area contributed by atoms with Crippen LogP contribution >= 0.6 is 15.9 Å². The molecule has 0 unspecified atom stereocenters. The number of nitrogens with zero attached hydrogens (tertiary/aromatic N) is 4. The van der Waals surface area contributed by atoms with Crippen LogP contribution in [-0.2, 0) is 5.41 Å². The zero-order valence-electron chi connectivity index (χ0n) is 17.3. The van der Waals surface area contributed by atoms with Crippen LogP contribution in [0.2, 0.25) is 0 Å². The molecule has 0 saturated heterocycles. The quantitative estimate of drug-likeness (QED) is 0.482. The Bertz CT molecular complexity index is 1190. The highest BCUT2D eigenvalue weighted by Crippen LogP contribution is 2.46. The van der Waals surface area contributed by atoms with Crippen LogP contribution in [0.3, 0.4) is 0 Å². The molecule has 0 spiro atoms. The molecule has 1 fully saturated rings. The first-order valence-corrected chi connectivity index (χ1v) is 10.7. The maximum absolute atomic E-state index is 14.5. The van der Waals surface area contributed by atoms with E-state index in [-0.39, 0.29) is 42.2 Å². The van der Waals surface area contributed by atoms with Gasteiger partial charge in [0.2, 0.25) is 0 Å². The fourth-order valence-electron chi connectivity index (χ4n) is 4.00. The Labute approximate surface area is 195 Å². The van der Waals surface area contributed by atoms with E-state index in [4.69, 9.17) is 4.74 Å². The molecule has 1 amide bonds. The topological polar surface area (TPSA) is 88.4 Å². The van der Waals surface area contributed by atoms with Crippen molar-refractivity contribution in [1.82, 2.24) is 15.2 Å². The first-order chi connectivity index (χ1) is 15.7. The smallest absolute Gasteiger partial charge is 0.413 e. The van der Waals surface area contributed by atoms with Crippen molar-refractivity contribution in [2.75, 3.05) is 18.6 Å². The zero-order chi connectivity index (χ0) is 23.8. The van der Waals surface area contributed by atoms with E-state index in [2.05, 4.69) is 31.1 Å². The van der Waals surface area contributed by atoms with Gasteiger partial charge < -0.3 is 9.84 Å². The summed E-state index contributed by atoms with van der Waals surface area (Å²) in [7, 11) is 1.41. The third-order valence-electron chi connectivity index (χ3n) is 5.62. The number of anilines is 1. The van der Waals surface area contributed by atoms with Crippen molar-refractivity contribution in [3.8, 4) is 17.0 Å². The maximum Gasteiger partial charge on any atom is 0.413 e. The Kier molecular flexibility index (Phi) is 6.24. The lowest BCUT2D eigenvalue weighted by molar-refractivity contribution is 0.0901. The standard InChI is InChI=1S/C22H18BrF3N4O3/c1-33-18-8-16(26)13(7-14(18)23)17-4-5-19(29-28-17)30(21(31)32)11-22(9-12(24)10-22)20-15(25)3-2-6-27-20/h2-8,12H,9-11H2,1H3,(H,31,32). The van der Waals surface area contributed by atoms with Gasteiger partial charge in [-0.3, -0.25) is 9.88 Å². The maximum atomic E-state index is 14.5. The van der Waals surface area contributed by atoms with E-state index in [1.807, 2.05) is 0 Å². The van der Waals surface area contributed by atoms with E-state index >= 15 is 0 Å². The lowest BCUT2D eigenvalue weighted by Gasteiger charge is -2.45.